The summed E-state index contributed by atoms with van der Waals surface area (Å²) in [4.78, 5) is 20.9. The largest absolute Gasteiger partial charge is 0.477 e. The van der Waals surface area contributed by atoms with Gasteiger partial charge in [0.2, 0.25) is 5.82 Å². The van der Waals surface area contributed by atoms with Crippen molar-refractivity contribution in [1.29, 1.82) is 0 Å². The average molecular weight is 398 g/mol. The first-order valence-electron chi connectivity index (χ1n) is 7.37. The molecule has 136 valence electrons. The van der Waals surface area contributed by atoms with Gasteiger partial charge in [-0.3, -0.25) is 4.57 Å². The smallest absolute Gasteiger partial charge is 0.376 e. The van der Waals surface area contributed by atoms with Gasteiger partial charge in [-0.1, -0.05) is 23.2 Å². The number of halogens is 2. The van der Waals surface area contributed by atoms with Crippen LogP contribution in [0.4, 0.5) is 0 Å². The fourth-order valence-electron chi connectivity index (χ4n) is 2.31. The van der Waals surface area contributed by atoms with Crippen molar-refractivity contribution in [1.82, 2.24) is 24.7 Å². The summed E-state index contributed by atoms with van der Waals surface area (Å²) in [5, 5.41) is 7.91. The van der Waals surface area contributed by atoms with Crippen LogP contribution in [0, 0.1) is 0 Å². The fourth-order valence-corrected chi connectivity index (χ4v) is 2.74. The van der Waals surface area contributed by atoms with Gasteiger partial charge in [-0.05, 0) is 13.0 Å². The van der Waals surface area contributed by atoms with E-state index >= 15 is 0 Å². The molecule has 0 N–H and O–H groups in total. The molecule has 2 heterocycles. The zero-order valence-electron chi connectivity index (χ0n) is 14.0. The lowest BCUT2D eigenvalue weighted by atomic mass is 10.2. The van der Waals surface area contributed by atoms with E-state index in [1.807, 2.05) is 0 Å². The quantitative estimate of drug-likeness (QED) is 0.605. The van der Waals surface area contributed by atoms with Gasteiger partial charge < -0.3 is 14.2 Å². The molecule has 0 radical (unpaired) electrons. The van der Waals surface area contributed by atoms with Gasteiger partial charge in [-0.2, -0.15) is 0 Å². The first kappa shape index (κ1) is 18.2. The molecular weight excluding hydrogens is 385 g/mol. The molecule has 0 atom stereocenters. The van der Waals surface area contributed by atoms with Crippen LogP contribution in [0.3, 0.4) is 0 Å². The van der Waals surface area contributed by atoms with Gasteiger partial charge >= 0.3 is 5.97 Å². The number of carbonyl (C=O) groups is 1. The second kappa shape index (κ2) is 7.30. The molecule has 0 aliphatic carbocycles. The highest BCUT2D eigenvalue weighted by Crippen LogP contribution is 2.37. The first-order chi connectivity index (χ1) is 12.5. The van der Waals surface area contributed by atoms with E-state index in [2.05, 4.69) is 20.2 Å². The maximum Gasteiger partial charge on any atom is 0.376 e. The number of carbonyl (C=O) groups excluding carboxylic acids is 1. The summed E-state index contributed by atoms with van der Waals surface area (Å²) in [6, 6.07) is 1.53. The third-order valence-electron chi connectivity index (χ3n) is 3.40. The Morgan fingerprint density at radius 2 is 1.88 bits per heavy atom. The molecule has 26 heavy (non-hydrogen) atoms. The van der Waals surface area contributed by atoms with E-state index in [1.165, 1.54) is 31.2 Å². The number of rotatable bonds is 5. The Balaban J connectivity index is 2.34. The molecule has 3 aromatic rings. The lowest BCUT2D eigenvalue weighted by Crippen LogP contribution is -2.13. The molecule has 1 aromatic carbocycles. The van der Waals surface area contributed by atoms with Crippen LogP contribution in [0.2, 0.25) is 10.0 Å². The van der Waals surface area contributed by atoms with E-state index in [4.69, 9.17) is 37.4 Å². The summed E-state index contributed by atoms with van der Waals surface area (Å²) in [6.45, 7) is 1.86. The predicted octanol–water partition coefficient (Wildman–Crippen LogP) is 2.71. The summed E-state index contributed by atoms with van der Waals surface area (Å²) in [5.41, 5.74) is 0.980. The molecule has 0 unspecified atom stereocenters. The van der Waals surface area contributed by atoms with Crippen molar-refractivity contribution in [2.75, 3.05) is 20.8 Å². The highest BCUT2D eigenvalue weighted by Gasteiger charge is 2.24. The van der Waals surface area contributed by atoms with Crippen LogP contribution < -0.4 is 9.47 Å². The molecule has 0 amide bonds. The van der Waals surface area contributed by atoms with Crippen molar-refractivity contribution in [3.63, 3.8) is 0 Å². The molecular formula is C15H13Cl2N5O4. The third kappa shape index (κ3) is 2.99. The monoisotopic (exact) mass is 397 g/mol. The van der Waals surface area contributed by atoms with Gasteiger partial charge in [0, 0.05) is 0 Å². The Morgan fingerprint density at radius 3 is 2.54 bits per heavy atom. The van der Waals surface area contributed by atoms with E-state index in [-0.39, 0.29) is 39.9 Å². The summed E-state index contributed by atoms with van der Waals surface area (Å²) in [7, 11) is 2.87. The second-order valence-corrected chi connectivity index (χ2v) is 5.66. The van der Waals surface area contributed by atoms with Crippen LogP contribution >= 0.6 is 23.2 Å². The maximum atomic E-state index is 12.2. The molecule has 0 saturated heterocycles. The maximum absolute atomic E-state index is 12.2. The SMILES string of the molecule is CCOC(=O)c1nncn1-c1c(Cl)c(Cl)cc2nc(OC)c(OC)nc12. The molecule has 0 fully saturated rings. The minimum Gasteiger partial charge on any atom is -0.477 e. The zero-order chi connectivity index (χ0) is 18.8. The van der Waals surface area contributed by atoms with Gasteiger partial charge in [-0.15, -0.1) is 10.2 Å². The number of esters is 1. The summed E-state index contributed by atoms with van der Waals surface area (Å²) in [5.74, 6) is -0.416. The second-order valence-electron chi connectivity index (χ2n) is 4.88. The Labute approximate surface area is 157 Å². The standard InChI is InChI=1S/C15H13Cl2N5O4/c1-4-26-15(23)12-21-18-6-22(12)11-9(17)7(16)5-8-10(11)20-14(25-3)13(19-8)24-2/h5-6H,4H2,1-3H3. The van der Waals surface area contributed by atoms with E-state index in [0.717, 1.165) is 0 Å². The normalized spacial score (nSPS) is 10.8. The van der Waals surface area contributed by atoms with Crippen molar-refractivity contribution >= 4 is 40.2 Å². The van der Waals surface area contributed by atoms with Gasteiger partial charge in [-0.25, -0.2) is 14.8 Å². The highest BCUT2D eigenvalue weighted by molar-refractivity contribution is 6.44. The molecule has 2 aromatic heterocycles. The predicted molar refractivity (Wildman–Crippen MR) is 93.5 cm³/mol. The van der Waals surface area contributed by atoms with E-state index in [1.54, 1.807) is 6.92 Å². The minimum atomic E-state index is -0.664. The first-order valence-corrected chi connectivity index (χ1v) is 8.12. The van der Waals surface area contributed by atoms with Gasteiger partial charge in [0.05, 0.1) is 42.1 Å². The van der Waals surface area contributed by atoms with Crippen molar-refractivity contribution < 1.29 is 19.0 Å². The highest BCUT2D eigenvalue weighted by atomic mass is 35.5. The summed E-state index contributed by atoms with van der Waals surface area (Å²) < 4.78 is 16.7. The molecule has 9 nitrogen and oxygen atoms in total. The molecule has 0 bridgehead atoms. The minimum absolute atomic E-state index is 0.0751. The van der Waals surface area contributed by atoms with Crippen LogP contribution in [-0.4, -0.2) is 51.5 Å². The number of hydrogen-bond donors (Lipinski definition) is 0. The molecule has 0 aliphatic rings. The molecule has 11 heteroatoms. The van der Waals surface area contributed by atoms with Crippen molar-refractivity contribution in [2.24, 2.45) is 0 Å². The molecule has 0 spiro atoms. The average Bonchev–Trinajstić information content (AvgIpc) is 3.11. The number of fused-ring (bicyclic) bond motifs is 1. The summed E-state index contributed by atoms with van der Waals surface area (Å²) >= 11 is 12.6. The Kier molecular flexibility index (Phi) is 5.10. The van der Waals surface area contributed by atoms with Crippen LogP contribution in [0.1, 0.15) is 17.5 Å². The van der Waals surface area contributed by atoms with Gasteiger partial charge in [0.1, 0.15) is 11.8 Å². The Bertz CT molecular complexity index is 992. The van der Waals surface area contributed by atoms with Crippen LogP contribution in [-0.2, 0) is 4.74 Å². The number of methoxy groups -OCH3 is 2. The van der Waals surface area contributed by atoms with Crippen LogP contribution in [0.5, 0.6) is 11.8 Å². The van der Waals surface area contributed by atoms with Gasteiger partial charge in [0.15, 0.2) is 0 Å². The number of nitrogens with zero attached hydrogens (tertiary/aromatic N) is 5. The fraction of sp³-hybridized carbons (Fsp3) is 0.267. The lowest BCUT2D eigenvalue weighted by Gasteiger charge is -2.14. The van der Waals surface area contributed by atoms with Crippen LogP contribution in [0.15, 0.2) is 12.4 Å². The topological polar surface area (TPSA) is 101 Å². The third-order valence-corrected chi connectivity index (χ3v) is 4.18. The zero-order valence-corrected chi connectivity index (χ0v) is 15.5. The van der Waals surface area contributed by atoms with Gasteiger partial charge in [0.25, 0.3) is 11.8 Å². The van der Waals surface area contributed by atoms with Crippen molar-refractivity contribution in [2.45, 2.75) is 6.92 Å². The van der Waals surface area contributed by atoms with E-state index < -0.39 is 5.97 Å². The number of ether oxygens (including phenoxy) is 3. The van der Waals surface area contributed by atoms with Crippen molar-refractivity contribution in [3.8, 4) is 17.4 Å². The van der Waals surface area contributed by atoms with E-state index in [0.29, 0.717) is 11.0 Å². The molecule has 3 rings (SSSR count). The van der Waals surface area contributed by atoms with Crippen LogP contribution in [0.25, 0.3) is 16.7 Å². The van der Waals surface area contributed by atoms with Crippen molar-refractivity contribution in [3.05, 3.63) is 28.3 Å². The Morgan fingerprint density at radius 1 is 1.19 bits per heavy atom. The molecule has 0 aliphatic heterocycles. The summed E-state index contributed by atoms with van der Waals surface area (Å²) in [6.07, 6.45) is 1.31. The number of benzene rings is 1. The molecule has 0 saturated carbocycles. The lowest BCUT2D eigenvalue weighted by molar-refractivity contribution is 0.0509. The number of aromatic nitrogens is 5. The van der Waals surface area contributed by atoms with E-state index in [9.17, 15) is 4.79 Å². The Hall–Kier alpha value is -2.65. The number of hydrogen-bond acceptors (Lipinski definition) is 8.